The van der Waals surface area contributed by atoms with Crippen LogP contribution in [0.4, 0.5) is 5.69 Å². The van der Waals surface area contributed by atoms with Crippen LogP contribution in [0.3, 0.4) is 0 Å². The van der Waals surface area contributed by atoms with Crippen LogP contribution in [0.25, 0.3) is 10.2 Å². The van der Waals surface area contributed by atoms with E-state index in [0.717, 1.165) is 58.7 Å². The third kappa shape index (κ3) is 3.13. The Balaban J connectivity index is 1.40. The first-order valence-electron chi connectivity index (χ1n) is 10.0. The molecular weight excluding hydrogens is 386 g/mol. The predicted octanol–water partition coefficient (Wildman–Crippen LogP) is 5.30. The zero-order chi connectivity index (χ0) is 20.2. The molecule has 0 unspecified atom stereocenters. The summed E-state index contributed by atoms with van der Waals surface area (Å²) in [4.78, 5) is 23.4. The average molecular weight is 410 g/mol. The Hall–Kier alpha value is -2.67. The largest absolute Gasteiger partial charge is 0.448 e. The van der Waals surface area contributed by atoms with E-state index in [1.165, 1.54) is 17.8 Å². The Morgan fingerprint density at radius 1 is 1.07 bits per heavy atom. The van der Waals surface area contributed by atoms with E-state index in [9.17, 15) is 4.79 Å². The molecule has 3 aromatic rings. The second kappa shape index (κ2) is 6.69. The summed E-state index contributed by atoms with van der Waals surface area (Å²) >= 11 is 1.40. The van der Waals surface area contributed by atoms with Crippen molar-refractivity contribution in [1.82, 2.24) is 9.97 Å². The molecule has 1 amide bonds. The lowest BCUT2D eigenvalue weighted by Crippen LogP contribution is -2.40. The standard InChI is InChI=1S/C22H23N3O3S/c1-12-18-13(2)23-14(3)24-21(18)29-19(12)20(26)25-15-7-8-16-17(11-15)28-22(27-16)9-5-4-6-10-22/h7-8,11H,4-6,9-10H2,1-3H3,(H,25,26). The average Bonchev–Trinajstić information content (AvgIpc) is 3.19. The Morgan fingerprint density at radius 3 is 2.62 bits per heavy atom. The molecule has 0 bridgehead atoms. The van der Waals surface area contributed by atoms with Gasteiger partial charge in [-0.25, -0.2) is 9.97 Å². The number of ether oxygens (including phenoxy) is 2. The number of fused-ring (bicyclic) bond motifs is 2. The Labute approximate surface area is 173 Å². The number of rotatable bonds is 2. The minimum absolute atomic E-state index is 0.145. The molecule has 2 aromatic heterocycles. The smallest absolute Gasteiger partial charge is 0.266 e. The molecule has 1 N–H and O–H groups in total. The van der Waals surface area contributed by atoms with Crippen LogP contribution in [0.2, 0.25) is 0 Å². The number of benzene rings is 1. The molecule has 0 saturated heterocycles. The quantitative estimate of drug-likeness (QED) is 0.622. The molecule has 150 valence electrons. The molecule has 1 aliphatic heterocycles. The minimum Gasteiger partial charge on any atom is -0.448 e. The number of carbonyl (C=O) groups is 1. The highest BCUT2D eigenvalue weighted by Gasteiger charge is 2.42. The van der Waals surface area contributed by atoms with E-state index in [4.69, 9.17) is 9.47 Å². The molecule has 1 aliphatic carbocycles. The van der Waals surface area contributed by atoms with Gasteiger partial charge >= 0.3 is 0 Å². The normalized spacial score (nSPS) is 17.1. The topological polar surface area (TPSA) is 73.3 Å². The predicted molar refractivity (Wildman–Crippen MR) is 113 cm³/mol. The molecular formula is C22H23N3O3S. The molecule has 1 saturated carbocycles. The zero-order valence-corrected chi connectivity index (χ0v) is 17.6. The number of amides is 1. The third-order valence-electron chi connectivity index (χ3n) is 5.70. The van der Waals surface area contributed by atoms with Gasteiger partial charge in [0.05, 0.1) is 4.88 Å². The van der Waals surface area contributed by atoms with Crippen LogP contribution in [0, 0.1) is 20.8 Å². The number of nitrogens with one attached hydrogen (secondary N) is 1. The van der Waals surface area contributed by atoms with Crippen LogP contribution >= 0.6 is 11.3 Å². The molecule has 6 nitrogen and oxygen atoms in total. The number of nitrogens with zero attached hydrogens (tertiary/aromatic N) is 2. The lowest BCUT2D eigenvalue weighted by molar-refractivity contribution is -0.105. The maximum Gasteiger partial charge on any atom is 0.266 e. The Morgan fingerprint density at radius 2 is 1.83 bits per heavy atom. The highest BCUT2D eigenvalue weighted by molar-refractivity contribution is 7.20. The molecule has 3 heterocycles. The summed E-state index contributed by atoms with van der Waals surface area (Å²) in [6, 6.07) is 5.60. The maximum absolute atomic E-state index is 13.0. The van der Waals surface area contributed by atoms with Gasteiger partial charge in [0.2, 0.25) is 0 Å². The molecule has 1 fully saturated rings. The van der Waals surface area contributed by atoms with Gasteiger partial charge in [-0.1, -0.05) is 6.42 Å². The number of aromatic nitrogens is 2. The molecule has 1 aromatic carbocycles. The number of hydrogen-bond donors (Lipinski definition) is 1. The summed E-state index contributed by atoms with van der Waals surface area (Å²) in [7, 11) is 0. The van der Waals surface area contributed by atoms with Gasteiger partial charge in [0.15, 0.2) is 11.5 Å². The summed E-state index contributed by atoms with van der Waals surface area (Å²) in [5.74, 6) is 1.52. The van der Waals surface area contributed by atoms with Crippen LogP contribution in [0.5, 0.6) is 11.5 Å². The second-order valence-electron chi connectivity index (χ2n) is 7.88. The Kier molecular flexibility index (Phi) is 4.24. The fraction of sp³-hybridized carbons (Fsp3) is 0.409. The van der Waals surface area contributed by atoms with Gasteiger partial charge in [0.25, 0.3) is 11.7 Å². The van der Waals surface area contributed by atoms with Crippen molar-refractivity contribution in [2.24, 2.45) is 0 Å². The minimum atomic E-state index is -0.515. The first-order chi connectivity index (χ1) is 13.9. The van der Waals surface area contributed by atoms with Gasteiger partial charge in [-0.05, 0) is 51.3 Å². The zero-order valence-electron chi connectivity index (χ0n) is 16.8. The molecule has 7 heteroatoms. The van der Waals surface area contributed by atoms with E-state index in [0.29, 0.717) is 16.3 Å². The molecule has 29 heavy (non-hydrogen) atoms. The van der Waals surface area contributed by atoms with Gasteiger partial charge in [0.1, 0.15) is 10.7 Å². The van der Waals surface area contributed by atoms with Crippen molar-refractivity contribution in [3.8, 4) is 11.5 Å². The van der Waals surface area contributed by atoms with Crippen LogP contribution in [-0.2, 0) is 0 Å². The molecule has 1 spiro atoms. The van der Waals surface area contributed by atoms with Gasteiger partial charge in [-0.2, -0.15) is 0 Å². The second-order valence-corrected chi connectivity index (χ2v) is 8.88. The van der Waals surface area contributed by atoms with E-state index in [1.807, 2.05) is 39.0 Å². The number of thiophene rings is 1. The van der Waals surface area contributed by atoms with Crippen LogP contribution in [0.1, 0.15) is 58.9 Å². The van der Waals surface area contributed by atoms with Gasteiger partial charge in [-0.15, -0.1) is 11.3 Å². The van der Waals surface area contributed by atoms with Crippen molar-refractivity contribution in [1.29, 1.82) is 0 Å². The highest BCUT2D eigenvalue weighted by atomic mass is 32.1. The summed E-state index contributed by atoms with van der Waals surface area (Å²) in [5, 5.41) is 3.97. The lowest BCUT2D eigenvalue weighted by Gasteiger charge is -2.31. The van der Waals surface area contributed by atoms with Crippen LogP contribution in [-0.4, -0.2) is 21.7 Å². The van der Waals surface area contributed by atoms with Crippen molar-refractivity contribution >= 4 is 33.1 Å². The van der Waals surface area contributed by atoms with E-state index >= 15 is 0 Å². The third-order valence-corrected chi connectivity index (χ3v) is 6.88. The fourth-order valence-corrected chi connectivity index (χ4v) is 5.52. The van der Waals surface area contributed by atoms with E-state index in [-0.39, 0.29) is 5.91 Å². The van der Waals surface area contributed by atoms with Gasteiger partial charge in [-0.3, -0.25) is 4.79 Å². The molecule has 2 aliphatic rings. The molecule has 5 rings (SSSR count). The number of hydrogen-bond acceptors (Lipinski definition) is 6. The van der Waals surface area contributed by atoms with E-state index < -0.39 is 5.79 Å². The van der Waals surface area contributed by atoms with E-state index in [2.05, 4.69) is 15.3 Å². The molecule has 0 atom stereocenters. The van der Waals surface area contributed by atoms with Crippen LogP contribution in [0.15, 0.2) is 18.2 Å². The highest BCUT2D eigenvalue weighted by Crippen LogP contribution is 2.46. The van der Waals surface area contributed by atoms with Crippen molar-refractivity contribution in [2.75, 3.05) is 5.32 Å². The van der Waals surface area contributed by atoms with Crippen LogP contribution < -0.4 is 14.8 Å². The van der Waals surface area contributed by atoms with Gasteiger partial charge < -0.3 is 14.8 Å². The summed E-state index contributed by atoms with van der Waals surface area (Å²) in [6.45, 7) is 5.77. The van der Waals surface area contributed by atoms with Crippen molar-refractivity contribution in [2.45, 2.75) is 58.7 Å². The van der Waals surface area contributed by atoms with Crippen molar-refractivity contribution in [3.05, 3.63) is 40.2 Å². The lowest BCUT2D eigenvalue weighted by atomic mass is 9.94. The Bertz CT molecular complexity index is 1130. The molecule has 0 radical (unpaired) electrons. The summed E-state index contributed by atoms with van der Waals surface area (Å²) in [5.41, 5.74) is 2.52. The van der Waals surface area contributed by atoms with E-state index in [1.54, 1.807) is 0 Å². The number of aryl methyl sites for hydroxylation is 3. The maximum atomic E-state index is 13.0. The first kappa shape index (κ1) is 18.4. The SMILES string of the molecule is Cc1nc(C)c2c(C)c(C(=O)Nc3ccc4c(c3)OC3(CCCCC3)O4)sc2n1. The van der Waals surface area contributed by atoms with Gasteiger partial charge in [0, 0.05) is 35.7 Å². The van der Waals surface area contributed by atoms with Crippen molar-refractivity contribution < 1.29 is 14.3 Å². The van der Waals surface area contributed by atoms with Crippen molar-refractivity contribution in [3.63, 3.8) is 0 Å². The fourth-order valence-electron chi connectivity index (χ4n) is 4.34. The summed E-state index contributed by atoms with van der Waals surface area (Å²) < 4.78 is 12.3. The number of anilines is 1. The first-order valence-corrected chi connectivity index (χ1v) is 10.8. The monoisotopic (exact) mass is 409 g/mol. The summed E-state index contributed by atoms with van der Waals surface area (Å²) in [6.07, 6.45) is 5.27. The number of carbonyl (C=O) groups excluding carboxylic acids is 1.